The first-order valence-corrected chi connectivity index (χ1v) is 16.5. The quantitative estimate of drug-likeness (QED) is 0.228. The van der Waals surface area contributed by atoms with Crippen LogP contribution in [0.5, 0.6) is 5.75 Å². The van der Waals surface area contributed by atoms with E-state index in [1.165, 1.54) is 16.0 Å². The van der Waals surface area contributed by atoms with Crippen LogP contribution in [0.4, 0.5) is 4.79 Å². The van der Waals surface area contributed by atoms with E-state index in [0.717, 1.165) is 44.1 Å². The second-order valence-electron chi connectivity index (χ2n) is 12.5. The van der Waals surface area contributed by atoms with E-state index in [1.54, 1.807) is 24.0 Å². The van der Waals surface area contributed by atoms with Crippen molar-refractivity contribution >= 4 is 34.8 Å². The number of carbonyl (C=O) groups is 4. The van der Waals surface area contributed by atoms with E-state index in [4.69, 9.17) is 9.47 Å². The van der Waals surface area contributed by atoms with Crippen LogP contribution in [0.1, 0.15) is 74.8 Å². The van der Waals surface area contributed by atoms with Crippen molar-refractivity contribution in [3.8, 4) is 5.75 Å². The predicted octanol–water partition coefficient (Wildman–Crippen LogP) is 4.11. The van der Waals surface area contributed by atoms with Crippen molar-refractivity contribution in [2.75, 3.05) is 45.9 Å². The number of fused-ring (bicyclic) bond motifs is 2. The van der Waals surface area contributed by atoms with Crippen molar-refractivity contribution in [3.63, 3.8) is 0 Å². The van der Waals surface area contributed by atoms with Gasteiger partial charge in [0, 0.05) is 30.6 Å². The molecule has 2 saturated heterocycles. The minimum absolute atomic E-state index is 0.0872. The zero-order chi connectivity index (χ0) is 33.0. The molecule has 3 fully saturated rings. The number of aryl methyl sites for hydroxylation is 1. The monoisotopic (exact) mass is 639 g/mol. The first kappa shape index (κ1) is 33.6. The molecule has 2 aliphatic heterocycles. The van der Waals surface area contributed by atoms with Gasteiger partial charge in [-0.2, -0.15) is 0 Å². The second kappa shape index (κ2) is 14.3. The molecule has 1 aromatic heterocycles. The summed E-state index contributed by atoms with van der Waals surface area (Å²) in [6.45, 7) is 6.22. The lowest BCUT2D eigenvalue weighted by atomic mass is 9.85. The van der Waals surface area contributed by atoms with Crippen LogP contribution in [0.2, 0.25) is 0 Å². The van der Waals surface area contributed by atoms with Gasteiger partial charge in [-0.15, -0.1) is 5.01 Å². The number of pyridine rings is 1. The average molecular weight is 640 g/mol. The Morgan fingerprint density at radius 1 is 1.07 bits per heavy atom. The van der Waals surface area contributed by atoms with Gasteiger partial charge in [-0.3, -0.25) is 4.79 Å². The van der Waals surface area contributed by atoms with Crippen LogP contribution in [0.3, 0.4) is 0 Å². The largest absolute Gasteiger partial charge is 0.604 e. The van der Waals surface area contributed by atoms with Crippen molar-refractivity contribution in [1.82, 2.24) is 19.8 Å². The molecule has 3 aliphatic rings. The summed E-state index contributed by atoms with van der Waals surface area (Å²) < 4.78 is 10.1. The standard InChI is InChI=1S/C33H45N5O8/c1-4-6-17-45-33(43)35-13-15-36(16-14-35)38(44,5-2)31(40)26-20-29(24-12-11-22(3)18-25(24)34-26)46-21-30(39)37-27-10-8-7-9-23(27)19-28(37)32(41)42/h11-12,18,20,23,27-28H,4-10,13-17,19,21H2,1-3H3,(H,41,42). The maximum atomic E-state index is 14.2. The molecule has 4 unspecified atom stereocenters. The highest BCUT2D eigenvalue weighted by Gasteiger charge is 2.47. The summed E-state index contributed by atoms with van der Waals surface area (Å²) in [4.78, 5) is 59.5. The van der Waals surface area contributed by atoms with Crippen molar-refractivity contribution < 1.29 is 38.5 Å². The van der Waals surface area contributed by atoms with Gasteiger partial charge in [0.25, 0.3) is 5.91 Å². The van der Waals surface area contributed by atoms with E-state index in [0.29, 0.717) is 23.9 Å². The number of piperazine rings is 1. The first-order chi connectivity index (χ1) is 22.1. The molecule has 13 heteroatoms. The molecule has 13 nitrogen and oxygen atoms in total. The minimum atomic E-state index is -1.29. The number of aliphatic carboxylic acids is 1. The van der Waals surface area contributed by atoms with E-state index in [9.17, 15) is 29.5 Å². The van der Waals surface area contributed by atoms with E-state index in [2.05, 4.69) is 4.98 Å². The van der Waals surface area contributed by atoms with E-state index >= 15 is 0 Å². The Morgan fingerprint density at radius 2 is 1.80 bits per heavy atom. The van der Waals surface area contributed by atoms with Crippen molar-refractivity contribution in [3.05, 3.63) is 40.7 Å². The number of hydrogen-bond donors (Lipinski definition) is 1. The van der Waals surface area contributed by atoms with Crippen molar-refractivity contribution in [2.45, 2.75) is 77.8 Å². The van der Waals surface area contributed by atoms with Crippen molar-refractivity contribution in [1.29, 1.82) is 0 Å². The third kappa shape index (κ3) is 6.81. The van der Waals surface area contributed by atoms with Crippen LogP contribution in [0, 0.1) is 18.0 Å². The summed E-state index contributed by atoms with van der Waals surface area (Å²) in [6, 6.07) is 5.82. The molecule has 250 valence electrons. The molecular formula is C33H45N5O8. The molecule has 4 atom stereocenters. The Balaban J connectivity index is 1.35. The fourth-order valence-electron chi connectivity index (χ4n) is 7.04. The Labute approximate surface area is 269 Å². The molecule has 0 radical (unpaired) electrons. The molecule has 46 heavy (non-hydrogen) atoms. The number of aromatic nitrogens is 1. The van der Waals surface area contributed by atoms with Gasteiger partial charge in [-0.1, -0.05) is 32.3 Å². The second-order valence-corrected chi connectivity index (χ2v) is 12.5. The maximum absolute atomic E-state index is 14.2. The summed E-state index contributed by atoms with van der Waals surface area (Å²) in [5.74, 6) is -1.83. The Bertz CT molecular complexity index is 1460. The van der Waals surface area contributed by atoms with Gasteiger partial charge in [-0.05, 0) is 63.1 Å². The molecule has 1 saturated carbocycles. The zero-order valence-electron chi connectivity index (χ0n) is 27.0. The third-order valence-corrected chi connectivity index (χ3v) is 9.60. The SMILES string of the molecule is CCCCOC(=O)N1CCN([N+]([O-])(CC)C(=O)c2cc(OCC(=O)N3C(C(=O)O)CC4CCCCC43)c3ccc(C)cc3n2)CC1. The Morgan fingerprint density at radius 3 is 2.50 bits per heavy atom. The number of carboxylic acids is 1. The van der Waals surface area contributed by atoms with Gasteiger partial charge >= 0.3 is 18.0 Å². The number of carbonyl (C=O) groups excluding carboxylic acids is 3. The molecule has 0 spiro atoms. The van der Waals surface area contributed by atoms with Gasteiger partial charge in [0.1, 0.15) is 18.3 Å². The molecule has 5 rings (SSSR count). The highest BCUT2D eigenvalue weighted by Crippen LogP contribution is 2.40. The van der Waals surface area contributed by atoms with Gasteiger partial charge in [0.15, 0.2) is 12.3 Å². The van der Waals surface area contributed by atoms with E-state index in [-0.39, 0.29) is 56.1 Å². The molecule has 1 N–H and O–H groups in total. The van der Waals surface area contributed by atoms with Crippen LogP contribution in [-0.4, -0.2) is 112 Å². The molecule has 3 heterocycles. The maximum Gasteiger partial charge on any atom is 0.409 e. The number of hydrogen-bond acceptors (Lipinski definition) is 9. The average Bonchev–Trinajstić information content (AvgIpc) is 3.46. The summed E-state index contributed by atoms with van der Waals surface area (Å²) in [5, 5.41) is 26.1. The molecular weight excluding hydrogens is 594 g/mol. The third-order valence-electron chi connectivity index (χ3n) is 9.60. The lowest BCUT2D eigenvalue weighted by Gasteiger charge is -2.48. The van der Waals surface area contributed by atoms with Crippen LogP contribution in [0.25, 0.3) is 10.9 Å². The highest BCUT2D eigenvalue weighted by molar-refractivity contribution is 5.94. The highest BCUT2D eigenvalue weighted by atomic mass is 16.6. The number of unbranched alkanes of at least 4 members (excludes halogenated alkanes) is 1. The van der Waals surface area contributed by atoms with Gasteiger partial charge in [0.2, 0.25) is 0 Å². The van der Waals surface area contributed by atoms with E-state index in [1.807, 2.05) is 19.9 Å². The van der Waals surface area contributed by atoms with E-state index < -0.39 is 41.3 Å². The number of quaternary nitrogens is 1. The molecule has 0 bridgehead atoms. The number of nitrogens with zero attached hydrogens (tertiary/aromatic N) is 5. The first-order valence-electron chi connectivity index (χ1n) is 16.5. The summed E-state index contributed by atoms with van der Waals surface area (Å²) in [7, 11) is 0. The zero-order valence-corrected chi connectivity index (χ0v) is 27.0. The van der Waals surface area contributed by atoms with Crippen molar-refractivity contribution in [2.24, 2.45) is 5.92 Å². The predicted molar refractivity (Wildman–Crippen MR) is 169 cm³/mol. The number of carboxylic acid groups (broad SMARTS) is 1. The molecule has 1 aromatic carbocycles. The van der Waals surface area contributed by atoms with Gasteiger partial charge in [-0.25, -0.2) is 24.1 Å². The molecule has 1 aliphatic carbocycles. The van der Waals surface area contributed by atoms with Gasteiger partial charge < -0.3 is 29.6 Å². The Kier molecular flexibility index (Phi) is 10.4. The lowest BCUT2D eigenvalue weighted by Crippen LogP contribution is -2.65. The van der Waals surface area contributed by atoms with Crippen LogP contribution >= 0.6 is 0 Å². The van der Waals surface area contributed by atoms with Crippen LogP contribution < -0.4 is 4.74 Å². The number of rotatable bonds is 10. The fourth-order valence-corrected chi connectivity index (χ4v) is 7.04. The normalized spacial score (nSPS) is 23.1. The number of ether oxygens (including phenoxy) is 2. The summed E-state index contributed by atoms with van der Waals surface area (Å²) >= 11 is 0. The fraction of sp³-hybridized carbons (Fsp3) is 0.606. The summed E-state index contributed by atoms with van der Waals surface area (Å²) in [6.07, 6.45) is 5.35. The summed E-state index contributed by atoms with van der Waals surface area (Å²) in [5.41, 5.74) is 1.22. The minimum Gasteiger partial charge on any atom is -0.604 e. The van der Waals surface area contributed by atoms with Crippen LogP contribution in [-0.2, 0) is 14.3 Å². The molecule has 2 aromatic rings. The number of hydroxylamine groups is 2. The number of likely N-dealkylation sites (tertiary alicyclic amines) is 1. The number of benzene rings is 1. The topological polar surface area (TPSA) is 153 Å². The Hall–Kier alpha value is -3.81. The lowest BCUT2D eigenvalue weighted by molar-refractivity contribution is -0.921. The van der Waals surface area contributed by atoms with Gasteiger partial charge in [0.05, 0.1) is 25.2 Å². The number of amides is 3. The van der Waals surface area contributed by atoms with Crippen LogP contribution in [0.15, 0.2) is 24.3 Å². The molecule has 3 amide bonds. The smallest absolute Gasteiger partial charge is 0.409 e.